The van der Waals surface area contributed by atoms with Gasteiger partial charge in [-0.15, -0.1) is 0 Å². The van der Waals surface area contributed by atoms with Gasteiger partial charge in [0.1, 0.15) is 5.58 Å². The molecule has 0 saturated carbocycles. The van der Waals surface area contributed by atoms with E-state index in [1.54, 1.807) is 0 Å². The summed E-state index contributed by atoms with van der Waals surface area (Å²) in [6.45, 7) is 6.07. The van der Waals surface area contributed by atoms with Gasteiger partial charge in [0.2, 0.25) is 5.78 Å². The first-order valence-corrected chi connectivity index (χ1v) is 6.67. The molecule has 3 aromatic rings. The lowest BCUT2D eigenvalue weighted by Gasteiger charge is -2.02. The topological polar surface area (TPSA) is 30.2 Å². The van der Waals surface area contributed by atoms with E-state index in [1.165, 1.54) is 5.56 Å². The maximum atomic E-state index is 12.5. The Bertz CT molecular complexity index is 809. The van der Waals surface area contributed by atoms with Crippen LogP contribution in [0.4, 0.5) is 0 Å². The predicted octanol–water partition coefficient (Wildman–Crippen LogP) is 4.59. The van der Waals surface area contributed by atoms with Crippen molar-refractivity contribution in [2.45, 2.75) is 20.8 Å². The fourth-order valence-electron chi connectivity index (χ4n) is 2.30. The maximum Gasteiger partial charge on any atom is 0.228 e. The number of rotatable bonds is 2. The lowest BCUT2D eigenvalue weighted by molar-refractivity contribution is 0.101. The number of hydrogen-bond acceptors (Lipinski definition) is 2. The van der Waals surface area contributed by atoms with E-state index in [9.17, 15) is 4.79 Å². The Kier molecular flexibility index (Phi) is 2.94. The highest BCUT2D eigenvalue weighted by Gasteiger charge is 2.15. The normalized spacial score (nSPS) is 10.9. The second-order valence-corrected chi connectivity index (χ2v) is 5.28. The highest BCUT2D eigenvalue weighted by molar-refractivity contribution is 6.09. The van der Waals surface area contributed by atoms with Gasteiger partial charge in [0.15, 0.2) is 5.76 Å². The molecule has 2 nitrogen and oxygen atoms in total. The fourth-order valence-corrected chi connectivity index (χ4v) is 2.30. The average Bonchev–Trinajstić information content (AvgIpc) is 2.84. The van der Waals surface area contributed by atoms with E-state index in [-0.39, 0.29) is 5.78 Å². The van der Waals surface area contributed by atoms with Crippen molar-refractivity contribution in [3.63, 3.8) is 0 Å². The van der Waals surface area contributed by atoms with Gasteiger partial charge in [0.25, 0.3) is 0 Å². The smallest absolute Gasteiger partial charge is 0.228 e. The summed E-state index contributed by atoms with van der Waals surface area (Å²) in [5, 5.41) is 0.970. The van der Waals surface area contributed by atoms with Crippen LogP contribution in [0.3, 0.4) is 0 Å². The van der Waals surface area contributed by atoms with Crippen molar-refractivity contribution in [3.05, 3.63) is 70.5 Å². The molecule has 2 aromatic carbocycles. The van der Waals surface area contributed by atoms with Gasteiger partial charge < -0.3 is 4.42 Å². The van der Waals surface area contributed by atoms with Gasteiger partial charge in [0.05, 0.1) is 0 Å². The molecule has 0 atom stereocenters. The van der Waals surface area contributed by atoms with Crippen molar-refractivity contribution in [1.29, 1.82) is 0 Å². The first-order valence-electron chi connectivity index (χ1n) is 6.67. The van der Waals surface area contributed by atoms with E-state index in [0.717, 1.165) is 22.1 Å². The molecular weight excluding hydrogens is 248 g/mol. The zero-order valence-electron chi connectivity index (χ0n) is 11.9. The van der Waals surface area contributed by atoms with E-state index < -0.39 is 0 Å². The molecule has 0 bridgehead atoms. The molecule has 20 heavy (non-hydrogen) atoms. The monoisotopic (exact) mass is 264 g/mol. The lowest BCUT2D eigenvalue weighted by Crippen LogP contribution is -2.00. The van der Waals surface area contributed by atoms with Crippen molar-refractivity contribution in [3.8, 4) is 0 Å². The number of furan rings is 1. The summed E-state index contributed by atoms with van der Waals surface area (Å²) < 4.78 is 5.66. The third-order valence-corrected chi connectivity index (χ3v) is 3.66. The molecule has 0 aliphatic rings. The number of fused-ring (bicyclic) bond motifs is 1. The maximum absolute atomic E-state index is 12.5. The summed E-state index contributed by atoms with van der Waals surface area (Å²) >= 11 is 0. The molecule has 0 unspecified atom stereocenters. The molecule has 0 saturated heterocycles. The SMILES string of the molecule is Cc1ccc2oc(C(=O)c3ccc(C)c(C)c3)cc2c1. The second kappa shape index (κ2) is 4.64. The summed E-state index contributed by atoms with van der Waals surface area (Å²) in [5.74, 6) is 0.329. The van der Waals surface area contributed by atoms with Crippen LogP contribution < -0.4 is 0 Å². The first kappa shape index (κ1) is 12.7. The molecule has 3 rings (SSSR count). The lowest BCUT2D eigenvalue weighted by atomic mass is 10.0. The number of hydrogen-bond donors (Lipinski definition) is 0. The molecule has 1 heterocycles. The summed E-state index contributed by atoms with van der Waals surface area (Å²) in [4.78, 5) is 12.5. The van der Waals surface area contributed by atoms with Crippen LogP contribution in [-0.4, -0.2) is 5.78 Å². The van der Waals surface area contributed by atoms with Crippen LogP contribution in [0.1, 0.15) is 32.8 Å². The van der Waals surface area contributed by atoms with Gasteiger partial charge in [-0.2, -0.15) is 0 Å². The molecule has 0 fully saturated rings. The molecule has 0 aliphatic heterocycles. The Labute approximate surface area is 118 Å². The minimum absolute atomic E-state index is 0.0676. The number of carbonyl (C=O) groups excluding carboxylic acids is 1. The van der Waals surface area contributed by atoms with Crippen molar-refractivity contribution < 1.29 is 9.21 Å². The molecular formula is C18H16O2. The van der Waals surface area contributed by atoms with Crippen LogP contribution in [0, 0.1) is 20.8 Å². The van der Waals surface area contributed by atoms with Gasteiger partial charge >= 0.3 is 0 Å². The zero-order valence-corrected chi connectivity index (χ0v) is 11.9. The summed E-state index contributed by atoms with van der Waals surface area (Å²) in [5.41, 5.74) is 4.87. The van der Waals surface area contributed by atoms with Crippen LogP contribution in [0.2, 0.25) is 0 Å². The van der Waals surface area contributed by atoms with Crippen LogP contribution in [-0.2, 0) is 0 Å². The van der Waals surface area contributed by atoms with Crippen LogP contribution in [0.25, 0.3) is 11.0 Å². The van der Waals surface area contributed by atoms with E-state index in [1.807, 2.05) is 63.2 Å². The summed E-state index contributed by atoms with van der Waals surface area (Å²) in [6, 6.07) is 13.5. The largest absolute Gasteiger partial charge is 0.453 e. The minimum Gasteiger partial charge on any atom is -0.453 e. The Balaban J connectivity index is 2.05. The molecule has 2 heteroatoms. The molecule has 0 amide bonds. The average molecular weight is 264 g/mol. The summed E-state index contributed by atoms with van der Waals surface area (Å²) in [6.07, 6.45) is 0. The van der Waals surface area contributed by atoms with Gasteiger partial charge in [0, 0.05) is 10.9 Å². The van der Waals surface area contributed by atoms with Crippen molar-refractivity contribution >= 4 is 16.8 Å². The highest BCUT2D eigenvalue weighted by Crippen LogP contribution is 2.23. The minimum atomic E-state index is -0.0676. The van der Waals surface area contributed by atoms with Gasteiger partial charge in [-0.05, 0) is 56.2 Å². The number of aryl methyl sites for hydroxylation is 3. The molecule has 0 spiro atoms. The molecule has 1 aromatic heterocycles. The number of carbonyl (C=O) groups is 1. The molecule has 100 valence electrons. The third-order valence-electron chi connectivity index (χ3n) is 3.66. The zero-order chi connectivity index (χ0) is 14.3. The van der Waals surface area contributed by atoms with Crippen molar-refractivity contribution in [2.24, 2.45) is 0 Å². The Hall–Kier alpha value is -2.35. The van der Waals surface area contributed by atoms with E-state index in [0.29, 0.717) is 11.3 Å². The van der Waals surface area contributed by atoms with Crippen molar-refractivity contribution in [1.82, 2.24) is 0 Å². The van der Waals surface area contributed by atoms with E-state index in [2.05, 4.69) is 0 Å². The van der Waals surface area contributed by atoms with Crippen LogP contribution in [0.15, 0.2) is 46.9 Å². The Morgan fingerprint density at radius 1 is 0.900 bits per heavy atom. The van der Waals surface area contributed by atoms with E-state index in [4.69, 9.17) is 4.42 Å². The van der Waals surface area contributed by atoms with E-state index >= 15 is 0 Å². The third kappa shape index (κ3) is 2.14. The standard InChI is InChI=1S/C18H16O2/c1-11-4-7-16-15(8-11)10-17(20-16)18(19)14-6-5-12(2)13(3)9-14/h4-10H,1-3H3. The fraction of sp³-hybridized carbons (Fsp3) is 0.167. The van der Waals surface area contributed by atoms with Gasteiger partial charge in [-0.25, -0.2) is 0 Å². The Morgan fingerprint density at radius 2 is 1.70 bits per heavy atom. The van der Waals surface area contributed by atoms with Crippen LogP contribution in [0.5, 0.6) is 0 Å². The molecule has 0 aliphatic carbocycles. The second-order valence-electron chi connectivity index (χ2n) is 5.28. The predicted molar refractivity (Wildman–Crippen MR) is 80.3 cm³/mol. The molecule has 0 N–H and O–H groups in total. The number of ketones is 1. The van der Waals surface area contributed by atoms with Gasteiger partial charge in [-0.3, -0.25) is 4.79 Å². The Morgan fingerprint density at radius 3 is 2.45 bits per heavy atom. The quantitative estimate of drug-likeness (QED) is 0.634. The first-order chi connectivity index (χ1) is 9.54. The molecule has 0 radical (unpaired) electrons. The number of benzene rings is 2. The van der Waals surface area contributed by atoms with Gasteiger partial charge in [-0.1, -0.05) is 23.8 Å². The van der Waals surface area contributed by atoms with Crippen molar-refractivity contribution in [2.75, 3.05) is 0 Å². The summed E-state index contributed by atoms with van der Waals surface area (Å²) in [7, 11) is 0. The van der Waals surface area contributed by atoms with Crippen LogP contribution >= 0.6 is 0 Å². The highest BCUT2D eigenvalue weighted by atomic mass is 16.3.